The predicted octanol–water partition coefficient (Wildman–Crippen LogP) is 2.73. The van der Waals surface area contributed by atoms with Gasteiger partial charge in [-0.1, -0.05) is 13.8 Å². The number of amides is 2. The number of hydrogen-bond donors (Lipinski definition) is 1. The number of piperidine rings is 1. The molecule has 1 fully saturated rings. The van der Waals surface area contributed by atoms with E-state index >= 15 is 0 Å². The van der Waals surface area contributed by atoms with Crippen LogP contribution in [0.2, 0.25) is 0 Å². The first-order valence-corrected chi connectivity index (χ1v) is 8.93. The molecule has 0 bridgehead atoms. The van der Waals surface area contributed by atoms with E-state index in [1.807, 2.05) is 13.8 Å². The lowest BCUT2D eigenvalue weighted by Gasteiger charge is -2.38. The lowest BCUT2D eigenvalue weighted by molar-refractivity contribution is -0.154. The molecular weight excluding hydrogens is 324 g/mol. The van der Waals surface area contributed by atoms with Crippen LogP contribution in [0.3, 0.4) is 0 Å². The molecule has 2 amide bonds. The second-order valence-electron chi connectivity index (χ2n) is 8.12. The van der Waals surface area contributed by atoms with Gasteiger partial charge >= 0.3 is 12.1 Å². The average molecular weight is 356 g/mol. The number of carboxylic acid groups (broad SMARTS) is 1. The lowest BCUT2D eigenvalue weighted by Crippen LogP contribution is -2.56. The van der Waals surface area contributed by atoms with Crippen LogP contribution in [0.1, 0.15) is 60.3 Å². The Morgan fingerprint density at radius 2 is 1.84 bits per heavy atom. The second-order valence-corrected chi connectivity index (χ2v) is 8.12. The topological polar surface area (TPSA) is 87.2 Å². The number of carboxylic acids is 1. The molecule has 0 aromatic rings. The number of likely N-dealkylation sites (tertiary alicyclic amines) is 1. The maximum atomic E-state index is 13.1. The Labute approximate surface area is 150 Å². The van der Waals surface area contributed by atoms with E-state index in [0.717, 1.165) is 12.8 Å². The third-order valence-electron chi connectivity index (χ3n) is 4.20. The quantitative estimate of drug-likeness (QED) is 0.818. The van der Waals surface area contributed by atoms with E-state index in [1.54, 1.807) is 27.8 Å². The van der Waals surface area contributed by atoms with Crippen molar-refractivity contribution in [3.63, 3.8) is 0 Å². The molecule has 1 heterocycles. The number of rotatable bonds is 5. The summed E-state index contributed by atoms with van der Waals surface area (Å²) in [6.07, 6.45) is 1.90. The van der Waals surface area contributed by atoms with E-state index in [9.17, 15) is 19.5 Å². The van der Waals surface area contributed by atoms with Crippen molar-refractivity contribution in [2.75, 3.05) is 13.6 Å². The first-order chi connectivity index (χ1) is 11.4. The molecule has 144 valence electrons. The van der Waals surface area contributed by atoms with Crippen molar-refractivity contribution >= 4 is 18.0 Å². The Bertz CT molecular complexity index is 498. The van der Waals surface area contributed by atoms with Gasteiger partial charge in [0, 0.05) is 13.6 Å². The number of hydrogen-bond acceptors (Lipinski definition) is 4. The van der Waals surface area contributed by atoms with E-state index in [0.29, 0.717) is 19.4 Å². The van der Waals surface area contributed by atoms with E-state index in [2.05, 4.69) is 0 Å². The molecule has 1 saturated heterocycles. The number of carbonyl (C=O) groups is 3. The lowest BCUT2D eigenvalue weighted by atomic mass is 9.97. The first-order valence-electron chi connectivity index (χ1n) is 8.93. The van der Waals surface area contributed by atoms with Gasteiger partial charge in [0.1, 0.15) is 17.7 Å². The van der Waals surface area contributed by atoms with Crippen LogP contribution >= 0.6 is 0 Å². The normalized spacial score (nSPS) is 19.5. The Kier molecular flexibility index (Phi) is 7.26. The van der Waals surface area contributed by atoms with Crippen molar-refractivity contribution in [3.8, 4) is 0 Å². The zero-order valence-electron chi connectivity index (χ0n) is 16.2. The molecule has 1 rings (SSSR count). The summed E-state index contributed by atoms with van der Waals surface area (Å²) >= 11 is 0. The number of nitrogens with zero attached hydrogens (tertiary/aromatic N) is 2. The number of carbonyl (C=O) groups excluding carboxylic acids is 2. The number of ether oxygens (including phenoxy) is 1. The Hall–Kier alpha value is -1.79. The number of aliphatic carboxylic acids is 1. The van der Waals surface area contributed by atoms with Crippen LogP contribution in [0.4, 0.5) is 4.79 Å². The van der Waals surface area contributed by atoms with Gasteiger partial charge in [-0.15, -0.1) is 0 Å². The minimum Gasteiger partial charge on any atom is -0.480 e. The van der Waals surface area contributed by atoms with Crippen molar-refractivity contribution < 1.29 is 24.2 Å². The summed E-state index contributed by atoms with van der Waals surface area (Å²) in [5.41, 5.74) is -0.661. The SMILES string of the molecule is CC(C)C[C@@H](C(=O)N1CCCC[C@@H]1C(=O)O)N(C)C(=O)OC(C)(C)C. The van der Waals surface area contributed by atoms with Crippen LogP contribution in [0, 0.1) is 5.92 Å². The molecule has 1 N–H and O–H groups in total. The summed E-state index contributed by atoms with van der Waals surface area (Å²) in [6, 6.07) is -1.54. The van der Waals surface area contributed by atoms with E-state index in [4.69, 9.17) is 4.74 Å². The fourth-order valence-electron chi connectivity index (χ4n) is 2.98. The standard InChI is InChI=1S/C18H32N2O5/c1-12(2)11-14(19(6)17(24)25-18(3,4)5)15(21)20-10-8-7-9-13(20)16(22)23/h12-14H,7-11H2,1-6H3,(H,22,23)/t13-,14+/m1/s1. The third-order valence-corrected chi connectivity index (χ3v) is 4.20. The Morgan fingerprint density at radius 3 is 2.32 bits per heavy atom. The zero-order chi connectivity index (χ0) is 19.4. The molecule has 0 saturated carbocycles. The van der Waals surface area contributed by atoms with E-state index < -0.39 is 29.7 Å². The Balaban J connectivity index is 3.01. The van der Waals surface area contributed by atoms with Crippen LogP contribution in [0.5, 0.6) is 0 Å². The average Bonchev–Trinajstić information content (AvgIpc) is 2.49. The van der Waals surface area contributed by atoms with Crippen molar-refractivity contribution in [1.82, 2.24) is 9.80 Å². The summed E-state index contributed by atoms with van der Waals surface area (Å²) in [5.74, 6) is -1.13. The van der Waals surface area contributed by atoms with Crippen molar-refractivity contribution in [1.29, 1.82) is 0 Å². The van der Waals surface area contributed by atoms with Gasteiger partial charge in [-0.25, -0.2) is 9.59 Å². The molecule has 25 heavy (non-hydrogen) atoms. The highest BCUT2D eigenvalue weighted by Gasteiger charge is 2.39. The van der Waals surface area contributed by atoms with E-state index in [-0.39, 0.29) is 11.8 Å². The molecule has 0 radical (unpaired) electrons. The molecule has 7 nitrogen and oxygen atoms in total. The summed E-state index contributed by atoms with van der Waals surface area (Å²) in [4.78, 5) is 39.7. The van der Waals surface area contributed by atoms with Gasteiger partial charge in [0.15, 0.2) is 0 Å². The van der Waals surface area contributed by atoms with Crippen LogP contribution in [0.15, 0.2) is 0 Å². The van der Waals surface area contributed by atoms with Crippen molar-refractivity contribution in [3.05, 3.63) is 0 Å². The zero-order valence-corrected chi connectivity index (χ0v) is 16.2. The Morgan fingerprint density at radius 1 is 1.24 bits per heavy atom. The minimum atomic E-state index is -0.990. The van der Waals surface area contributed by atoms with Crippen LogP contribution in [0.25, 0.3) is 0 Å². The third kappa shape index (κ3) is 6.21. The molecule has 0 aliphatic carbocycles. The fraction of sp³-hybridized carbons (Fsp3) is 0.833. The van der Waals surface area contributed by atoms with Gasteiger partial charge in [-0.2, -0.15) is 0 Å². The smallest absolute Gasteiger partial charge is 0.410 e. The minimum absolute atomic E-state index is 0.173. The molecule has 0 spiro atoms. The van der Waals surface area contributed by atoms with Gasteiger partial charge in [-0.3, -0.25) is 9.69 Å². The molecule has 1 aliphatic heterocycles. The van der Waals surface area contributed by atoms with Crippen molar-refractivity contribution in [2.24, 2.45) is 5.92 Å². The summed E-state index contributed by atoms with van der Waals surface area (Å²) in [5, 5.41) is 9.42. The monoisotopic (exact) mass is 356 g/mol. The summed E-state index contributed by atoms with van der Waals surface area (Å²) in [7, 11) is 1.54. The highest BCUT2D eigenvalue weighted by molar-refractivity contribution is 5.89. The molecule has 0 aromatic carbocycles. The molecule has 2 atom stereocenters. The van der Waals surface area contributed by atoms with E-state index in [1.165, 1.54) is 9.80 Å². The largest absolute Gasteiger partial charge is 0.480 e. The predicted molar refractivity (Wildman–Crippen MR) is 94.2 cm³/mol. The van der Waals surface area contributed by atoms with Gasteiger partial charge in [0.25, 0.3) is 0 Å². The molecule has 0 aromatic heterocycles. The molecule has 0 unspecified atom stereocenters. The highest BCUT2D eigenvalue weighted by atomic mass is 16.6. The summed E-state index contributed by atoms with van der Waals surface area (Å²) in [6.45, 7) is 9.64. The summed E-state index contributed by atoms with van der Waals surface area (Å²) < 4.78 is 5.37. The van der Waals surface area contributed by atoms with Gasteiger partial charge < -0.3 is 14.7 Å². The van der Waals surface area contributed by atoms with Crippen LogP contribution < -0.4 is 0 Å². The van der Waals surface area contributed by atoms with Gasteiger partial charge in [-0.05, 0) is 52.4 Å². The maximum Gasteiger partial charge on any atom is 0.410 e. The van der Waals surface area contributed by atoms with Crippen LogP contribution in [-0.2, 0) is 14.3 Å². The molecule has 7 heteroatoms. The number of likely N-dealkylation sites (N-methyl/N-ethyl adjacent to an activating group) is 1. The van der Waals surface area contributed by atoms with Crippen LogP contribution in [-0.4, -0.2) is 64.2 Å². The van der Waals surface area contributed by atoms with Gasteiger partial charge in [0.05, 0.1) is 0 Å². The highest BCUT2D eigenvalue weighted by Crippen LogP contribution is 2.23. The maximum absolute atomic E-state index is 13.1. The first kappa shape index (κ1) is 21.3. The van der Waals surface area contributed by atoms with Crippen molar-refractivity contribution in [2.45, 2.75) is 78.0 Å². The second kappa shape index (κ2) is 8.54. The molecule has 1 aliphatic rings. The fourth-order valence-corrected chi connectivity index (χ4v) is 2.98. The molecular formula is C18H32N2O5. The van der Waals surface area contributed by atoms with Gasteiger partial charge in [0.2, 0.25) is 5.91 Å².